The molecule has 1 aliphatic rings. The average Bonchev–Trinajstić information content (AvgIpc) is 3.05. The first-order chi connectivity index (χ1) is 8.92. The third-order valence-corrected chi connectivity index (χ3v) is 5.14. The minimum absolute atomic E-state index is 0.669. The van der Waals surface area contributed by atoms with Gasteiger partial charge in [0.15, 0.2) is 0 Å². The monoisotopic (exact) mass is 254 g/mol. The standard InChI is InChI=1S/C16H14OS/c1-2-5-14-12(4-1)13-8-7-11(10-15(13)17-14)16-6-3-9-18-16/h1-2,4-5,7-8,10,16H,3,6,9H2. The van der Waals surface area contributed by atoms with Crippen LogP contribution in [0.25, 0.3) is 21.9 Å². The molecule has 18 heavy (non-hydrogen) atoms. The molecule has 0 radical (unpaired) electrons. The fourth-order valence-corrected chi connectivity index (χ4v) is 4.07. The third kappa shape index (κ3) is 1.56. The number of fused-ring (bicyclic) bond motifs is 3. The van der Waals surface area contributed by atoms with E-state index in [1.165, 1.54) is 34.9 Å². The van der Waals surface area contributed by atoms with E-state index in [-0.39, 0.29) is 0 Å². The maximum atomic E-state index is 5.94. The van der Waals surface area contributed by atoms with Gasteiger partial charge in [-0.15, -0.1) is 0 Å². The predicted octanol–water partition coefficient (Wildman–Crippen LogP) is 5.15. The molecule has 90 valence electrons. The normalized spacial score (nSPS) is 19.9. The zero-order valence-corrected chi connectivity index (χ0v) is 10.9. The van der Waals surface area contributed by atoms with Crippen molar-refractivity contribution in [3.8, 4) is 0 Å². The summed E-state index contributed by atoms with van der Waals surface area (Å²) in [7, 11) is 0. The average molecular weight is 254 g/mol. The van der Waals surface area contributed by atoms with Crippen molar-refractivity contribution in [2.75, 3.05) is 5.75 Å². The first-order valence-electron chi connectivity index (χ1n) is 6.44. The summed E-state index contributed by atoms with van der Waals surface area (Å²) in [5.74, 6) is 1.29. The number of para-hydroxylation sites is 1. The highest BCUT2D eigenvalue weighted by atomic mass is 32.2. The summed E-state index contributed by atoms with van der Waals surface area (Å²) >= 11 is 2.07. The summed E-state index contributed by atoms with van der Waals surface area (Å²) in [5, 5.41) is 3.12. The number of furan rings is 1. The van der Waals surface area contributed by atoms with Gasteiger partial charge in [0.25, 0.3) is 0 Å². The Bertz CT molecular complexity index is 707. The molecule has 0 saturated carbocycles. The van der Waals surface area contributed by atoms with Crippen LogP contribution in [-0.2, 0) is 0 Å². The molecule has 1 atom stereocenters. The van der Waals surface area contributed by atoms with Crippen molar-refractivity contribution in [1.29, 1.82) is 0 Å². The van der Waals surface area contributed by atoms with Gasteiger partial charge in [0, 0.05) is 16.0 Å². The zero-order valence-electron chi connectivity index (χ0n) is 10.1. The minimum Gasteiger partial charge on any atom is -0.456 e. The molecule has 1 unspecified atom stereocenters. The molecule has 2 heteroatoms. The SMILES string of the molecule is c1ccc2c(c1)oc1cc(C3CCCS3)ccc12. The van der Waals surface area contributed by atoms with Crippen molar-refractivity contribution in [3.05, 3.63) is 48.0 Å². The summed E-state index contributed by atoms with van der Waals surface area (Å²) in [4.78, 5) is 0. The van der Waals surface area contributed by atoms with Gasteiger partial charge in [0.2, 0.25) is 0 Å². The molecule has 1 nitrogen and oxygen atoms in total. The van der Waals surface area contributed by atoms with E-state index in [1.54, 1.807) is 0 Å². The molecule has 0 spiro atoms. The number of rotatable bonds is 1. The summed E-state index contributed by atoms with van der Waals surface area (Å²) in [6.45, 7) is 0. The number of benzene rings is 2. The van der Waals surface area contributed by atoms with Gasteiger partial charge in [-0.05, 0) is 36.3 Å². The fourth-order valence-electron chi connectivity index (χ4n) is 2.78. The quantitative estimate of drug-likeness (QED) is 0.595. The largest absolute Gasteiger partial charge is 0.456 e. The summed E-state index contributed by atoms with van der Waals surface area (Å²) < 4.78 is 5.94. The smallest absolute Gasteiger partial charge is 0.135 e. The van der Waals surface area contributed by atoms with Gasteiger partial charge < -0.3 is 4.42 Å². The number of thioether (sulfide) groups is 1. The maximum absolute atomic E-state index is 5.94. The second-order valence-corrected chi connectivity index (χ2v) is 6.17. The van der Waals surface area contributed by atoms with E-state index in [9.17, 15) is 0 Å². The Balaban J connectivity index is 1.92. The van der Waals surface area contributed by atoms with Gasteiger partial charge in [0.05, 0.1) is 0 Å². The molecule has 0 aliphatic carbocycles. The Morgan fingerprint density at radius 1 is 1.00 bits per heavy atom. The van der Waals surface area contributed by atoms with Crippen molar-refractivity contribution < 1.29 is 4.42 Å². The first-order valence-corrected chi connectivity index (χ1v) is 7.49. The van der Waals surface area contributed by atoms with Crippen LogP contribution >= 0.6 is 11.8 Å². The lowest BCUT2D eigenvalue weighted by molar-refractivity contribution is 0.667. The van der Waals surface area contributed by atoms with E-state index in [4.69, 9.17) is 4.42 Å². The highest BCUT2D eigenvalue weighted by Gasteiger charge is 2.18. The molecule has 1 aromatic heterocycles. The van der Waals surface area contributed by atoms with E-state index >= 15 is 0 Å². The Kier molecular flexibility index (Phi) is 2.37. The van der Waals surface area contributed by atoms with E-state index in [0.29, 0.717) is 5.25 Å². The topological polar surface area (TPSA) is 13.1 Å². The van der Waals surface area contributed by atoms with Gasteiger partial charge in [-0.2, -0.15) is 11.8 Å². The molecule has 0 bridgehead atoms. The molecule has 1 fully saturated rings. The molecule has 3 aromatic rings. The second kappa shape index (κ2) is 4.06. The van der Waals surface area contributed by atoms with E-state index in [1.807, 2.05) is 12.1 Å². The van der Waals surface area contributed by atoms with E-state index < -0.39 is 0 Å². The van der Waals surface area contributed by atoms with E-state index in [0.717, 1.165) is 11.2 Å². The van der Waals surface area contributed by atoms with Gasteiger partial charge in [0.1, 0.15) is 11.2 Å². The molecule has 4 rings (SSSR count). The van der Waals surface area contributed by atoms with Crippen LogP contribution in [0, 0.1) is 0 Å². The lowest BCUT2D eigenvalue weighted by atomic mass is 10.1. The highest BCUT2D eigenvalue weighted by Crippen LogP contribution is 2.41. The first kappa shape index (κ1) is 10.5. The predicted molar refractivity (Wildman–Crippen MR) is 78.2 cm³/mol. The van der Waals surface area contributed by atoms with Gasteiger partial charge in [-0.3, -0.25) is 0 Å². The summed E-state index contributed by atoms with van der Waals surface area (Å²) in [6.07, 6.45) is 2.64. The summed E-state index contributed by atoms with van der Waals surface area (Å²) in [5.41, 5.74) is 3.44. The van der Waals surface area contributed by atoms with Crippen LogP contribution in [0.5, 0.6) is 0 Å². The van der Waals surface area contributed by atoms with Crippen LogP contribution in [0.15, 0.2) is 46.9 Å². The van der Waals surface area contributed by atoms with Crippen molar-refractivity contribution in [2.24, 2.45) is 0 Å². The fraction of sp³-hybridized carbons (Fsp3) is 0.250. The van der Waals surface area contributed by atoms with Crippen molar-refractivity contribution in [3.63, 3.8) is 0 Å². The van der Waals surface area contributed by atoms with Crippen molar-refractivity contribution >= 4 is 33.7 Å². The molecule has 2 aromatic carbocycles. The van der Waals surface area contributed by atoms with Crippen LogP contribution in [0.2, 0.25) is 0 Å². The number of hydrogen-bond donors (Lipinski definition) is 0. The Labute approximate surface area is 110 Å². The van der Waals surface area contributed by atoms with Crippen LogP contribution in [0.3, 0.4) is 0 Å². The molecule has 1 saturated heterocycles. The Hall–Kier alpha value is -1.41. The lowest BCUT2D eigenvalue weighted by Crippen LogP contribution is -1.87. The van der Waals surface area contributed by atoms with Gasteiger partial charge in [-0.1, -0.05) is 30.3 Å². The minimum atomic E-state index is 0.669. The Morgan fingerprint density at radius 3 is 2.78 bits per heavy atom. The molecule has 0 N–H and O–H groups in total. The molecule has 2 heterocycles. The summed E-state index contributed by atoms with van der Waals surface area (Å²) in [6, 6.07) is 15.0. The molecular formula is C16H14OS. The molecule has 0 amide bonds. The Morgan fingerprint density at radius 2 is 1.89 bits per heavy atom. The molecular weight excluding hydrogens is 240 g/mol. The van der Waals surface area contributed by atoms with Crippen LogP contribution < -0.4 is 0 Å². The highest BCUT2D eigenvalue weighted by molar-refractivity contribution is 7.99. The maximum Gasteiger partial charge on any atom is 0.135 e. The molecule has 1 aliphatic heterocycles. The van der Waals surface area contributed by atoms with Crippen LogP contribution in [-0.4, -0.2) is 5.75 Å². The zero-order chi connectivity index (χ0) is 11.9. The van der Waals surface area contributed by atoms with Crippen molar-refractivity contribution in [2.45, 2.75) is 18.1 Å². The van der Waals surface area contributed by atoms with Crippen LogP contribution in [0.1, 0.15) is 23.7 Å². The van der Waals surface area contributed by atoms with E-state index in [2.05, 4.69) is 42.1 Å². The van der Waals surface area contributed by atoms with Crippen molar-refractivity contribution in [1.82, 2.24) is 0 Å². The second-order valence-electron chi connectivity index (χ2n) is 4.86. The van der Waals surface area contributed by atoms with Gasteiger partial charge >= 0.3 is 0 Å². The third-order valence-electron chi connectivity index (χ3n) is 3.70. The number of hydrogen-bond acceptors (Lipinski definition) is 2. The van der Waals surface area contributed by atoms with Gasteiger partial charge in [-0.25, -0.2) is 0 Å². The van der Waals surface area contributed by atoms with Crippen LogP contribution in [0.4, 0.5) is 0 Å². The lowest BCUT2D eigenvalue weighted by Gasteiger charge is -2.07.